The molecule has 0 unspecified atom stereocenters. The van der Waals surface area contributed by atoms with Crippen LogP contribution in [-0.2, 0) is 20.9 Å². The monoisotopic (exact) mass is 412 g/mol. The van der Waals surface area contributed by atoms with Gasteiger partial charge in [-0.1, -0.05) is 25.0 Å². The number of anilines is 1. The average molecular weight is 412 g/mol. The first-order valence-electron chi connectivity index (χ1n) is 10.8. The molecule has 0 radical (unpaired) electrons. The van der Waals surface area contributed by atoms with Gasteiger partial charge in [-0.05, 0) is 49.8 Å². The number of urea groups is 1. The highest BCUT2D eigenvalue weighted by molar-refractivity contribution is 6.07. The highest BCUT2D eigenvalue weighted by Gasteiger charge is 2.52. The highest BCUT2D eigenvalue weighted by atomic mass is 16.2. The third kappa shape index (κ3) is 4.47. The van der Waals surface area contributed by atoms with Crippen molar-refractivity contribution in [1.29, 1.82) is 0 Å². The maximum absolute atomic E-state index is 12.6. The number of carbonyl (C=O) groups is 4. The van der Waals surface area contributed by atoms with E-state index in [9.17, 15) is 19.2 Å². The van der Waals surface area contributed by atoms with E-state index in [0.29, 0.717) is 25.8 Å². The van der Waals surface area contributed by atoms with Gasteiger partial charge >= 0.3 is 6.03 Å². The number of nitrogens with zero attached hydrogens (tertiary/aromatic N) is 1. The molecule has 160 valence electrons. The van der Waals surface area contributed by atoms with Gasteiger partial charge in [0.2, 0.25) is 11.8 Å². The summed E-state index contributed by atoms with van der Waals surface area (Å²) in [7, 11) is 0. The van der Waals surface area contributed by atoms with E-state index in [2.05, 4.69) is 16.0 Å². The molecule has 3 N–H and O–H groups in total. The summed E-state index contributed by atoms with van der Waals surface area (Å²) in [5, 5.41) is 8.59. The summed E-state index contributed by atoms with van der Waals surface area (Å²) in [6, 6.07) is 7.07. The molecule has 3 aliphatic rings. The van der Waals surface area contributed by atoms with Gasteiger partial charge in [0.25, 0.3) is 5.91 Å². The molecule has 3 fully saturated rings. The van der Waals surface area contributed by atoms with Gasteiger partial charge in [-0.25, -0.2) is 4.79 Å². The van der Waals surface area contributed by atoms with E-state index in [1.54, 1.807) is 0 Å². The van der Waals surface area contributed by atoms with Crippen molar-refractivity contribution in [2.45, 2.75) is 63.5 Å². The van der Waals surface area contributed by atoms with E-state index in [0.717, 1.165) is 36.9 Å². The van der Waals surface area contributed by atoms with Gasteiger partial charge in [0.15, 0.2) is 0 Å². The van der Waals surface area contributed by atoms with Crippen molar-refractivity contribution in [2.75, 3.05) is 11.9 Å². The van der Waals surface area contributed by atoms with E-state index >= 15 is 0 Å². The Morgan fingerprint density at radius 3 is 2.47 bits per heavy atom. The maximum Gasteiger partial charge on any atom is 0.325 e. The molecule has 8 nitrogen and oxygen atoms in total. The smallest absolute Gasteiger partial charge is 0.325 e. The van der Waals surface area contributed by atoms with Crippen molar-refractivity contribution in [2.24, 2.45) is 5.92 Å². The SMILES string of the molecule is O=C(CCCN1C(=O)NC2(CCCC2)C1=O)NCc1ccc(NC(=O)C2CC2)cc1. The molecule has 2 aliphatic carbocycles. The summed E-state index contributed by atoms with van der Waals surface area (Å²) in [4.78, 5) is 49.9. The lowest BCUT2D eigenvalue weighted by molar-refractivity contribution is -0.131. The number of amides is 5. The molecule has 2 saturated carbocycles. The lowest BCUT2D eigenvalue weighted by atomic mass is 9.98. The minimum Gasteiger partial charge on any atom is -0.352 e. The van der Waals surface area contributed by atoms with Crippen molar-refractivity contribution in [3.63, 3.8) is 0 Å². The van der Waals surface area contributed by atoms with Crippen LogP contribution in [0.15, 0.2) is 24.3 Å². The molecule has 4 rings (SSSR count). The Hall–Kier alpha value is -2.90. The first kappa shape index (κ1) is 20.4. The van der Waals surface area contributed by atoms with Gasteiger partial charge in [0.1, 0.15) is 5.54 Å². The van der Waals surface area contributed by atoms with E-state index in [4.69, 9.17) is 0 Å². The van der Waals surface area contributed by atoms with Crippen LogP contribution < -0.4 is 16.0 Å². The highest BCUT2D eigenvalue weighted by Crippen LogP contribution is 2.35. The number of benzene rings is 1. The summed E-state index contributed by atoms with van der Waals surface area (Å²) >= 11 is 0. The first-order valence-corrected chi connectivity index (χ1v) is 10.8. The van der Waals surface area contributed by atoms with Gasteiger partial charge in [0.05, 0.1) is 0 Å². The zero-order valence-corrected chi connectivity index (χ0v) is 17.0. The molecule has 5 amide bonds. The Morgan fingerprint density at radius 2 is 1.80 bits per heavy atom. The van der Waals surface area contributed by atoms with Crippen molar-refractivity contribution < 1.29 is 19.2 Å². The lowest BCUT2D eigenvalue weighted by Gasteiger charge is -2.19. The van der Waals surface area contributed by atoms with Crippen molar-refractivity contribution in [3.05, 3.63) is 29.8 Å². The zero-order valence-electron chi connectivity index (χ0n) is 17.0. The fraction of sp³-hybridized carbons (Fsp3) is 0.545. The minimum absolute atomic E-state index is 0.0695. The van der Waals surface area contributed by atoms with E-state index in [1.807, 2.05) is 24.3 Å². The third-order valence-electron chi connectivity index (χ3n) is 6.15. The fourth-order valence-electron chi connectivity index (χ4n) is 4.18. The lowest BCUT2D eigenvalue weighted by Crippen LogP contribution is -2.44. The van der Waals surface area contributed by atoms with Crippen LogP contribution in [-0.4, -0.2) is 40.7 Å². The minimum atomic E-state index is -0.691. The Bertz CT molecular complexity index is 841. The Labute approximate surface area is 175 Å². The van der Waals surface area contributed by atoms with Crippen LogP contribution in [0.1, 0.15) is 56.9 Å². The summed E-state index contributed by atoms with van der Waals surface area (Å²) in [6.07, 6.45) is 5.94. The van der Waals surface area contributed by atoms with Gasteiger partial charge in [-0.2, -0.15) is 0 Å². The zero-order chi connectivity index (χ0) is 21.1. The normalized spacial score (nSPS) is 19.8. The molecule has 1 aromatic carbocycles. The first-order chi connectivity index (χ1) is 14.5. The molecule has 1 spiro atoms. The summed E-state index contributed by atoms with van der Waals surface area (Å²) in [6.45, 7) is 0.650. The quantitative estimate of drug-likeness (QED) is 0.570. The van der Waals surface area contributed by atoms with E-state index in [1.165, 1.54) is 4.90 Å². The third-order valence-corrected chi connectivity index (χ3v) is 6.15. The van der Waals surface area contributed by atoms with Crippen LogP contribution in [0, 0.1) is 5.92 Å². The number of hydrogen-bond donors (Lipinski definition) is 3. The topological polar surface area (TPSA) is 108 Å². The van der Waals surface area contributed by atoms with E-state index in [-0.39, 0.29) is 42.6 Å². The number of imide groups is 1. The molecule has 1 aromatic rings. The molecule has 30 heavy (non-hydrogen) atoms. The van der Waals surface area contributed by atoms with Crippen LogP contribution in [0.5, 0.6) is 0 Å². The molecule has 0 bridgehead atoms. The Balaban J connectivity index is 1.17. The summed E-state index contributed by atoms with van der Waals surface area (Å²) in [5.41, 5.74) is 1.00. The van der Waals surface area contributed by atoms with Crippen LogP contribution in [0.4, 0.5) is 10.5 Å². The predicted molar refractivity (Wildman–Crippen MR) is 110 cm³/mol. The van der Waals surface area contributed by atoms with Crippen LogP contribution in [0.3, 0.4) is 0 Å². The van der Waals surface area contributed by atoms with Gasteiger partial charge in [-0.3, -0.25) is 19.3 Å². The molecule has 1 heterocycles. The molecular formula is C22H28N4O4. The predicted octanol–water partition coefficient (Wildman–Crippen LogP) is 2.30. The van der Waals surface area contributed by atoms with Gasteiger partial charge in [-0.15, -0.1) is 0 Å². The Kier molecular flexibility index (Phi) is 5.74. The largest absolute Gasteiger partial charge is 0.352 e. The fourth-order valence-corrected chi connectivity index (χ4v) is 4.18. The molecule has 1 aliphatic heterocycles. The average Bonchev–Trinajstić information content (AvgIpc) is 3.44. The second-order valence-corrected chi connectivity index (χ2v) is 8.52. The van der Waals surface area contributed by atoms with E-state index < -0.39 is 5.54 Å². The number of rotatable bonds is 8. The molecule has 8 heteroatoms. The Morgan fingerprint density at radius 1 is 1.10 bits per heavy atom. The second-order valence-electron chi connectivity index (χ2n) is 8.52. The molecule has 0 atom stereocenters. The maximum atomic E-state index is 12.6. The summed E-state index contributed by atoms with van der Waals surface area (Å²) < 4.78 is 0. The number of hydrogen-bond acceptors (Lipinski definition) is 4. The molecular weight excluding hydrogens is 384 g/mol. The van der Waals surface area contributed by atoms with Crippen LogP contribution in [0.25, 0.3) is 0 Å². The van der Waals surface area contributed by atoms with Gasteiger partial charge in [0, 0.05) is 31.1 Å². The van der Waals surface area contributed by atoms with Crippen LogP contribution in [0.2, 0.25) is 0 Å². The standard InChI is InChI=1S/C22H28N4O4/c27-18(4-3-13-26-20(29)22(25-21(26)30)11-1-2-12-22)23-14-15-5-9-17(10-6-15)24-19(28)16-7-8-16/h5-6,9-10,16H,1-4,7-8,11-14H2,(H,23,27)(H,24,28)(H,25,30). The molecule has 1 saturated heterocycles. The molecule has 0 aromatic heterocycles. The number of nitrogens with one attached hydrogen (secondary N) is 3. The van der Waals surface area contributed by atoms with Crippen LogP contribution >= 0.6 is 0 Å². The van der Waals surface area contributed by atoms with Gasteiger partial charge < -0.3 is 16.0 Å². The number of carbonyl (C=O) groups excluding carboxylic acids is 4. The van der Waals surface area contributed by atoms with Crippen molar-refractivity contribution in [1.82, 2.24) is 15.5 Å². The van der Waals surface area contributed by atoms with Crippen molar-refractivity contribution >= 4 is 29.4 Å². The summed E-state index contributed by atoms with van der Waals surface area (Å²) in [5.74, 6) is -0.0299. The second kappa shape index (κ2) is 8.45. The van der Waals surface area contributed by atoms with Crippen molar-refractivity contribution in [3.8, 4) is 0 Å².